The van der Waals surface area contributed by atoms with E-state index in [0.29, 0.717) is 24.6 Å². The Labute approximate surface area is 196 Å². The Balaban J connectivity index is 1.61. The first-order valence-electron chi connectivity index (χ1n) is 14.2. The number of carbonyl (C=O) groups is 1. The summed E-state index contributed by atoms with van der Waals surface area (Å²) in [4.78, 5) is 16.5. The van der Waals surface area contributed by atoms with Crippen molar-refractivity contribution in [3.8, 4) is 11.5 Å². The Morgan fingerprint density at radius 1 is 1.06 bits per heavy atom. The minimum Gasteiger partial charge on any atom is -0.493 e. The predicted octanol–water partition coefficient (Wildman–Crippen LogP) is 2.48. The molecule has 0 aliphatic carbocycles. The number of aryl methyl sites for hydroxylation is 2. The molecule has 1 atom stereocenters. The van der Waals surface area contributed by atoms with Crippen LogP contribution in [-0.4, -0.2) is 79.7 Å². The second-order valence-corrected chi connectivity index (χ2v) is 7.45. The Bertz CT molecular complexity index is 1100. The number of ether oxygens (including phenoxy) is 2. The molecule has 1 fully saturated rings. The van der Waals surface area contributed by atoms with E-state index >= 15 is 0 Å². The van der Waals surface area contributed by atoms with Gasteiger partial charge in [0.25, 0.3) is 0 Å². The smallest absolute Gasteiger partial charge is 0.161 e. The molecule has 6 heteroatoms. The van der Waals surface area contributed by atoms with Gasteiger partial charge in [-0.1, -0.05) is 30.3 Å². The summed E-state index contributed by atoms with van der Waals surface area (Å²) in [6.07, 6.45) is -1.47. The first-order valence-corrected chi connectivity index (χ1v) is 10.2. The predicted molar refractivity (Wildman–Crippen MR) is 122 cm³/mol. The van der Waals surface area contributed by atoms with Crippen molar-refractivity contribution in [1.82, 2.24) is 9.80 Å². The highest BCUT2D eigenvalue weighted by atomic mass is 16.5. The Kier molecular flexibility index (Phi) is 5.32. The summed E-state index contributed by atoms with van der Waals surface area (Å²) in [5, 5.41) is 10.4. The van der Waals surface area contributed by atoms with Gasteiger partial charge in [-0.05, 0) is 42.5 Å². The summed E-state index contributed by atoms with van der Waals surface area (Å²) >= 11 is 0. The van der Waals surface area contributed by atoms with Gasteiger partial charge < -0.3 is 14.6 Å². The van der Waals surface area contributed by atoms with E-state index in [1.54, 1.807) is 18.2 Å². The zero-order chi connectivity index (χ0) is 29.0. The molecule has 0 aromatic heterocycles. The number of ketones is 1. The van der Waals surface area contributed by atoms with Gasteiger partial charge >= 0.3 is 0 Å². The Morgan fingerprint density at radius 3 is 2.35 bits per heavy atom. The van der Waals surface area contributed by atoms with E-state index in [1.165, 1.54) is 30.2 Å². The average molecular weight is 435 g/mol. The van der Waals surface area contributed by atoms with E-state index in [9.17, 15) is 9.90 Å². The van der Waals surface area contributed by atoms with Crippen LogP contribution >= 0.6 is 0 Å². The summed E-state index contributed by atoms with van der Waals surface area (Å²) in [5.74, 6) is 0.151. The van der Waals surface area contributed by atoms with E-state index in [1.807, 2.05) is 11.0 Å². The molecular formula is C25H34N2O4. The molecule has 6 nitrogen and oxygen atoms in total. The van der Waals surface area contributed by atoms with Gasteiger partial charge in [-0.15, -0.1) is 0 Å². The summed E-state index contributed by atoms with van der Waals surface area (Å²) in [7, 11) is 1.53. The number of β-amino-alcohol motifs (C(OH)–C–C–N with tert-alkyl or cyclic N) is 1. The Hall–Kier alpha value is -2.41. The van der Waals surface area contributed by atoms with Crippen LogP contribution < -0.4 is 9.47 Å². The summed E-state index contributed by atoms with van der Waals surface area (Å²) in [5.41, 5.74) is -0.716. The summed E-state index contributed by atoms with van der Waals surface area (Å²) in [6, 6.07) is 10.9. The summed E-state index contributed by atoms with van der Waals surface area (Å²) in [6.45, 7) is -6.31. The van der Waals surface area contributed by atoms with Crippen LogP contribution in [0, 0.1) is 13.7 Å². The van der Waals surface area contributed by atoms with Crippen molar-refractivity contribution in [3.63, 3.8) is 0 Å². The normalized spacial score (nSPS) is 21.2. The second kappa shape index (κ2) is 11.3. The van der Waals surface area contributed by atoms with Crippen molar-refractivity contribution in [2.45, 2.75) is 26.2 Å². The zero-order valence-corrected chi connectivity index (χ0v) is 17.6. The maximum atomic E-state index is 13.2. The van der Waals surface area contributed by atoms with Crippen LogP contribution in [0.15, 0.2) is 42.5 Å². The number of nitrogens with zero attached hydrogens (tertiary/aromatic N) is 2. The third-order valence-electron chi connectivity index (χ3n) is 5.14. The number of rotatable bonds is 10. The molecule has 0 spiro atoms. The molecule has 1 aliphatic rings. The number of hydrogen-bond donors (Lipinski definition) is 1. The van der Waals surface area contributed by atoms with Gasteiger partial charge in [0.1, 0.15) is 12.7 Å². The molecule has 1 aliphatic heterocycles. The molecular weight excluding hydrogens is 392 g/mol. The van der Waals surface area contributed by atoms with Gasteiger partial charge in [0.05, 0.1) is 16.3 Å². The lowest BCUT2D eigenvalue weighted by Crippen LogP contribution is -2.50. The maximum absolute atomic E-state index is 13.2. The number of carbonyl (C=O) groups excluding carboxylic acids is 1. The van der Waals surface area contributed by atoms with Gasteiger partial charge in [-0.25, -0.2) is 0 Å². The van der Waals surface area contributed by atoms with Crippen molar-refractivity contribution < 1.29 is 30.3 Å². The van der Waals surface area contributed by atoms with Crippen LogP contribution in [-0.2, 0) is 11.2 Å². The lowest BCUT2D eigenvalue weighted by atomic mass is 9.98. The number of para-hydroxylation sites is 2. The number of Topliss-reactive ketones (excluding diaryl/α,β-unsaturated/α-hetero) is 1. The molecule has 1 unspecified atom stereocenters. The van der Waals surface area contributed by atoms with Gasteiger partial charge in [-0.2, -0.15) is 0 Å². The third-order valence-corrected chi connectivity index (χ3v) is 5.14. The van der Waals surface area contributed by atoms with E-state index in [0.717, 1.165) is 0 Å². The standard InChI is InChI=1S/C25H34N2O4/c1-19-7-6-8-20(2)23(19)15-21(28)16-26-11-13-27(14-12-26)17-22(29)18-31-25-10-5-4-9-24(25)30-3/h4-10,22,29H,11-18H2,1-3H3/i1D3,2D3,16D2. The molecule has 1 saturated heterocycles. The topological polar surface area (TPSA) is 62.2 Å². The molecule has 0 radical (unpaired) electrons. The van der Waals surface area contributed by atoms with Gasteiger partial charge in [-0.3, -0.25) is 14.6 Å². The van der Waals surface area contributed by atoms with Gasteiger partial charge in [0.15, 0.2) is 17.3 Å². The number of benzene rings is 2. The molecule has 1 N–H and O–H groups in total. The number of piperazine rings is 1. The molecule has 0 bridgehead atoms. The molecule has 31 heavy (non-hydrogen) atoms. The van der Waals surface area contributed by atoms with Crippen LogP contribution in [0.5, 0.6) is 11.5 Å². The van der Waals surface area contributed by atoms with Crippen molar-refractivity contribution >= 4 is 5.78 Å². The minimum atomic E-state index is -2.66. The van der Waals surface area contributed by atoms with Crippen molar-refractivity contribution in [2.24, 2.45) is 0 Å². The fraction of sp³-hybridized carbons (Fsp3) is 0.480. The number of hydrogen-bond acceptors (Lipinski definition) is 6. The largest absolute Gasteiger partial charge is 0.493 e. The fourth-order valence-corrected chi connectivity index (χ4v) is 3.47. The van der Waals surface area contributed by atoms with Crippen molar-refractivity contribution in [3.05, 3.63) is 59.2 Å². The van der Waals surface area contributed by atoms with Crippen molar-refractivity contribution in [2.75, 3.05) is 52.9 Å². The highest BCUT2D eigenvalue weighted by Gasteiger charge is 2.21. The molecule has 168 valence electrons. The van der Waals surface area contributed by atoms with Gasteiger partial charge in [0.2, 0.25) is 0 Å². The average Bonchev–Trinajstić information content (AvgIpc) is 2.86. The lowest BCUT2D eigenvalue weighted by Gasteiger charge is -2.35. The lowest BCUT2D eigenvalue weighted by molar-refractivity contribution is -0.120. The number of aliphatic hydroxyl groups excluding tert-OH is 1. The number of aliphatic hydroxyl groups is 1. The van der Waals surface area contributed by atoms with Crippen LogP contribution in [0.2, 0.25) is 0 Å². The van der Waals surface area contributed by atoms with Crippen molar-refractivity contribution in [1.29, 1.82) is 0 Å². The molecule has 0 amide bonds. The SMILES string of the molecule is [2H]C([2H])([2H])c1cccc(C([2H])([2H])[2H])c1CC(=O)C([2H])([2H])N1CCN(CC(O)COc2ccccc2OC)CC1. The number of methoxy groups -OCH3 is 1. The van der Waals surface area contributed by atoms with E-state index in [-0.39, 0.29) is 42.9 Å². The van der Waals surface area contributed by atoms with Crippen LogP contribution in [0.4, 0.5) is 0 Å². The molecule has 0 saturated carbocycles. The molecule has 3 rings (SSSR count). The van der Waals surface area contributed by atoms with Crippen LogP contribution in [0.25, 0.3) is 0 Å². The minimum absolute atomic E-state index is 0.0363. The van der Waals surface area contributed by atoms with E-state index < -0.39 is 38.5 Å². The first kappa shape index (κ1) is 14.6. The fourth-order valence-electron chi connectivity index (χ4n) is 3.47. The maximum Gasteiger partial charge on any atom is 0.161 e. The van der Waals surface area contributed by atoms with Crippen LogP contribution in [0.1, 0.15) is 27.7 Å². The Morgan fingerprint density at radius 2 is 1.71 bits per heavy atom. The second-order valence-electron chi connectivity index (χ2n) is 7.45. The first-order chi connectivity index (χ1) is 18.1. The molecule has 2 aromatic carbocycles. The summed E-state index contributed by atoms with van der Waals surface area (Å²) < 4.78 is 74.6. The molecule has 2 aromatic rings. The van der Waals surface area contributed by atoms with Gasteiger partial charge in [0, 0.05) is 47.4 Å². The zero-order valence-electron chi connectivity index (χ0n) is 25.6. The third kappa shape index (κ3) is 6.79. The van der Waals surface area contributed by atoms with Crippen LogP contribution in [0.3, 0.4) is 0 Å². The molecule has 1 heterocycles. The van der Waals surface area contributed by atoms with E-state index in [4.69, 9.17) is 20.4 Å². The highest BCUT2D eigenvalue weighted by Crippen LogP contribution is 2.25. The highest BCUT2D eigenvalue weighted by molar-refractivity contribution is 5.83. The monoisotopic (exact) mass is 434 g/mol. The van der Waals surface area contributed by atoms with E-state index in [2.05, 4.69) is 0 Å². The quantitative estimate of drug-likeness (QED) is 0.620.